The van der Waals surface area contributed by atoms with Gasteiger partial charge in [-0.2, -0.15) is 0 Å². The molecular weight excluding hydrogens is 292 g/mol. The van der Waals surface area contributed by atoms with Gasteiger partial charge in [-0.05, 0) is 39.2 Å². The van der Waals surface area contributed by atoms with Crippen molar-refractivity contribution in [3.63, 3.8) is 0 Å². The Morgan fingerprint density at radius 3 is 2.44 bits per heavy atom. The molecule has 1 heterocycles. The number of rotatable bonds is 4. The quantitative estimate of drug-likeness (QED) is 0.893. The van der Waals surface area contributed by atoms with Crippen LogP contribution in [0.25, 0.3) is 0 Å². The number of nitrogens with one attached hydrogen (secondary N) is 1. The topological polar surface area (TPSA) is 72.2 Å². The summed E-state index contributed by atoms with van der Waals surface area (Å²) in [6.45, 7) is 4.07. The van der Waals surface area contributed by atoms with Crippen LogP contribution in [0.2, 0.25) is 0 Å². The number of hydrogen-bond donors (Lipinski definition) is 2. The number of nitrogens with two attached hydrogens (primary N) is 1. The van der Waals surface area contributed by atoms with E-state index >= 15 is 0 Å². The van der Waals surface area contributed by atoms with Crippen LogP contribution in [0.1, 0.15) is 29.0 Å². The molecule has 3 N–H and O–H groups in total. The minimum absolute atomic E-state index is 0. The second-order valence-corrected chi connectivity index (χ2v) is 8.01. The monoisotopic (exact) mass is 310 g/mol. The Bertz CT molecular complexity index is 521. The molecule has 0 radical (unpaired) electrons. The molecule has 1 aliphatic rings. The van der Waals surface area contributed by atoms with Crippen molar-refractivity contribution in [3.05, 3.63) is 15.8 Å². The lowest BCUT2D eigenvalue weighted by Gasteiger charge is -2.37. The zero-order valence-corrected chi connectivity index (χ0v) is 13.0. The van der Waals surface area contributed by atoms with Crippen LogP contribution in [0.3, 0.4) is 0 Å². The van der Waals surface area contributed by atoms with Gasteiger partial charge in [0.05, 0.1) is 4.90 Å². The molecule has 0 unspecified atom stereocenters. The Morgan fingerprint density at radius 1 is 1.44 bits per heavy atom. The molecule has 0 spiro atoms. The highest BCUT2D eigenvalue weighted by Gasteiger charge is 2.34. The lowest BCUT2D eigenvalue weighted by molar-refractivity contribution is 0.251. The molecule has 1 saturated carbocycles. The minimum Gasteiger partial charge on any atom is -0.324 e. The van der Waals surface area contributed by atoms with Crippen molar-refractivity contribution in [1.82, 2.24) is 4.72 Å². The molecule has 2 rings (SSSR count). The second kappa shape index (κ2) is 5.46. The molecule has 104 valence electrons. The van der Waals surface area contributed by atoms with Crippen LogP contribution < -0.4 is 10.5 Å². The van der Waals surface area contributed by atoms with E-state index in [9.17, 15) is 8.42 Å². The molecule has 1 fully saturated rings. The maximum Gasteiger partial charge on any atom is 0.241 e. The van der Waals surface area contributed by atoms with Crippen LogP contribution in [0.15, 0.2) is 11.0 Å². The summed E-state index contributed by atoms with van der Waals surface area (Å²) in [5.74, 6) is 0. The van der Waals surface area contributed by atoms with Crippen LogP contribution >= 0.6 is 23.7 Å². The van der Waals surface area contributed by atoms with Crippen LogP contribution in [0.5, 0.6) is 0 Å². The van der Waals surface area contributed by atoms with Gasteiger partial charge in [0.2, 0.25) is 10.0 Å². The number of aryl methyl sites for hydroxylation is 2. The Hall–Kier alpha value is -0.140. The minimum atomic E-state index is -3.40. The van der Waals surface area contributed by atoms with Gasteiger partial charge in [0.15, 0.2) is 0 Å². The average Bonchev–Trinajstić information content (AvgIpc) is 2.53. The maximum absolute atomic E-state index is 12.1. The molecule has 0 atom stereocenters. The van der Waals surface area contributed by atoms with Crippen molar-refractivity contribution in [3.8, 4) is 0 Å². The number of sulfonamides is 1. The highest BCUT2D eigenvalue weighted by Crippen LogP contribution is 2.29. The third-order valence-electron chi connectivity index (χ3n) is 3.25. The largest absolute Gasteiger partial charge is 0.324 e. The fraction of sp³-hybridized carbons (Fsp3) is 0.636. The van der Waals surface area contributed by atoms with Gasteiger partial charge in [-0.15, -0.1) is 23.7 Å². The summed E-state index contributed by atoms with van der Waals surface area (Å²) in [5, 5.41) is 0. The number of hydrogen-bond acceptors (Lipinski definition) is 4. The van der Waals surface area contributed by atoms with E-state index in [-0.39, 0.29) is 17.9 Å². The summed E-state index contributed by atoms with van der Waals surface area (Å²) in [5.41, 5.74) is 5.68. The second-order valence-electron chi connectivity index (χ2n) is 4.82. The van der Waals surface area contributed by atoms with E-state index in [0.717, 1.165) is 29.0 Å². The summed E-state index contributed by atoms with van der Waals surface area (Å²) >= 11 is 1.50. The number of thiophene rings is 1. The van der Waals surface area contributed by atoms with Crippen LogP contribution in [0.4, 0.5) is 0 Å². The summed E-state index contributed by atoms with van der Waals surface area (Å²) in [6.07, 6.45) is 2.89. The molecule has 1 aromatic rings. The van der Waals surface area contributed by atoms with E-state index in [1.165, 1.54) is 11.3 Å². The van der Waals surface area contributed by atoms with Crippen molar-refractivity contribution >= 4 is 33.8 Å². The fourth-order valence-corrected chi connectivity index (χ4v) is 4.69. The van der Waals surface area contributed by atoms with Gasteiger partial charge in [-0.1, -0.05) is 0 Å². The summed E-state index contributed by atoms with van der Waals surface area (Å²) in [4.78, 5) is 2.23. The van der Waals surface area contributed by atoms with Crippen molar-refractivity contribution in [2.24, 2.45) is 5.73 Å². The Balaban J connectivity index is 0.00000162. The molecular formula is C11H19ClN2O2S2. The average molecular weight is 311 g/mol. The first kappa shape index (κ1) is 15.9. The predicted octanol–water partition coefficient (Wildman–Crippen LogP) is 1.95. The standard InChI is InChI=1S/C11H18N2O2S2.ClH/c1-8-6-10(9(2)16-8)17(14,15)13-7-11(12)4-3-5-11;/h6,13H,3-5,7,12H2,1-2H3;1H. The molecule has 0 aliphatic heterocycles. The van der Waals surface area contributed by atoms with Gasteiger partial charge in [0.1, 0.15) is 0 Å². The third kappa shape index (κ3) is 3.24. The zero-order valence-electron chi connectivity index (χ0n) is 10.5. The lowest BCUT2D eigenvalue weighted by atomic mass is 9.78. The molecule has 0 aromatic carbocycles. The zero-order chi connectivity index (χ0) is 12.7. The Labute approximate surface area is 118 Å². The van der Waals surface area contributed by atoms with E-state index in [2.05, 4.69) is 4.72 Å². The van der Waals surface area contributed by atoms with Gasteiger partial charge < -0.3 is 5.73 Å². The molecule has 0 saturated heterocycles. The van der Waals surface area contributed by atoms with Crippen molar-refractivity contribution in [1.29, 1.82) is 0 Å². The fourth-order valence-electron chi connectivity index (χ4n) is 2.00. The van der Waals surface area contributed by atoms with E-state index in [1.807, 2.05) is 13.8 Å². The van der Waals surface area contributed by atoms with Gasteiger partial charge in [-0.3, -0.25) is 0 Å². The molecule has 0 bridgehead atoms. The third-order valence-corrected chi connectivity index (χ3v) is 5.87. The maximum atomic E-state index is 12.1. The van der Waals surface area contributed by atoms with Gasteiger partial charge in [-0.25, -0.2) is 13.1 Å². The van der Waals surface area contributed by atoms with E-state index in [0.29, 0.717) is 11.4 Å². The highest BCUT2D eigenvalue weighted by molar-refractivity contribution is 7.89. The van der Waals surface area contributed by atoms with Gasteiger partial charge in [0.25, 0.3) is 0 Å². The molecule has 7 heteroatoms. The Kier molecular flexibility index (Phi) is 4.83. The Morgan fingerprint density at radius 2 is 2.06 bits per heavy atom. The highest BCUT2D eigenvalue weighted by atomic mass is 35.5. The summed E-state index contributed by atoms with van der Waals surface area (Å²) in [6, 6.07) is 1.71. The molecule has 1 aliphatic carbocycles. The normalized spacial score (nSPS) is 17.9. The smallest absolute Gasteiger partial charge is 0.241 e. The van der Waals surface area contributed by atoms with Crippen LogP contribution in [-0.4, -0.2) is 20.5 Å². The van der Waals surface area contributed by atoms with Gasteiger partial charge in [0, 0.05) is 21.8 Å². The van der Waals surface area contributed by atoms with E-state index in [1.54, 1.807) is 6.07 Å². The lowest BCUT2D eigenvalue weighted by Crippen LogP contribution is -2.54. The molecule has 1 aromatic heterocycles. The first-order valence-electron chi connectivity index (χ1n) is 5.68. The van der Waals surface area contributed by atoms with Crippen molar-refractivity contribution < 1.29 is 8.42 Å². The molecule has 4 nitrogen and oxygen atoms in total. The van der Waals surface area contributed by atoms with Gasteiger partial charge >= 0.3 is 0 Å². The van der Waals surface area contributed by atoms with Crippen LogP contribution in [0, 0.1) is 13.8 Å². The number of halogens is 1. The first-order valence-corrected chi connectivity index (χ1v) is 7.98. The summed E-state index contributed by atoms with van der Waals surface area (Å²) in [7, 11) is -3.40. The molecule has 0 amide bonds. The van der Waals surface area contributed by atoms with Crippen molar-refractivity contribution in [2.45, 2.75) is 43.5 Å². The summed E-state index contributed by atoms with van der Waals surface area (Å²) < 4.78 is 26.8. The van der Waals surface area contributed by atoms with E-state index in [4.69, 9.17) is 5.73 Å². The van der Waals surface area contributed by atoms with E-state index < -0.39 is 10.0 Å². The first-order chi connectivity index (χ1) is 7.82. The molecule has 18 heavy (non-hydrogen) atoms. The predicted molar refractivity (Wildman–Crippen MR) is 77.0 cm³/mol. The van der Waals surface area contributed by atoms with Crippen LogP contribution in [-0.2, 0) is 10.0 Å². The SMILES string of the molecule is Cc1cc(S(=O)(=O)NCC2(N)CCC2)c(C)s1.Cl. The van der Waals surface area contributed by atoms with Crippen molar-refractivity contribution in [2.75, 3.05) is 6.54 Å².